The summed E-state index contributed by atoms with van der Waals surface area (Å²) in [5.41, 5.74) is 0.558. The molecule has 22 heavy (non-hydrogen) atoms. The van der Waals surface area contributed by atoms with Crippen LogP contribution in [0.4, 0.5) is 0 Å². The zero-order valence-electron chi connectivity index (χ0n) is 12.6. The van der Waals surface area contributed by atoms with Gasteiger partial charge in [-0.15, -0.1) is 0 Å². The molecule has 7 nitrogen and oxygen atoms in total. The Hall–Kier alpha value is -2.31. The van der Waals surface area contributed by atoms with Crippen molar-refractivity contribution in [2.75, 3.05) is 26.2 Å². The van der Waals surface area contributed by atoms with Crippen molar-refractivity contribution in [1.82, 2.24) is 15.5 Å². The highest BCUT2D eigenvalue weighted by Gasteiger charge is 2.25. The molecule has 0 atom stereocenters. The molecule has 120 valence electrons. The molecule has 0 radical (unpaired) electrons. The lowest BCUT2D eigenvalue weighted by molar-refractivity contribution is -0.139. The molecule has 0 aromatic carbocycles. The quantitative estimate of drug-likeness (QED) is 0.787. The molecule has 1 fully saturated rings. The third kappa shape index (κ3) is 4.09. The van der Waals surface area contributed by atoms with Crippen LogP contribution in [-0.4, -0.2) is 48.8 Å². The average Bonchev–Trinajstić information content (AvgIpc) is 3.07. The van der Waals surface area contributed by atoms with Gasteiger partial charge in [-0.2, -0.15) is 0 Å². The Labute approximate surface area is 129 Å². The van der Waals surface area contributed by atoms with Gasteiger partial charge in [-0.25, -0.2) is 0 Å². The monoisotopic (exact) mass is 307 g/mol. The second-order valence-electron chi connectivity index (χ2n) is 5.32. The largest absolute Gasteiger partial charge is 0.472 e. The molecule has 0 unspecified atom stereocenters. The highest BCUT2D eigenvalue weighted by molar-refractivity contribution is 6.35. The highest BCUT2D eigenvalue weighted by Crippen LogP contribution is 2.18. The Morgan fingerprint density at radius 1 is 1.23 bits per heavy atom. The van der Waals surface area contributed by atoms with Crippen LogP contribution in [0.3, 0.4) is 0 Å². The number of amides is 3. The molecule has 2 rings (SSSR count). The summed E-state index contributed by atoms with van der Waals surface area (Å²) in [4.78, 5) is 36.7. The van der Waals surface area contributed by atoms with Crippen molar-refractivity contribution >= 4 is 17.7 Å². The Morgan fingerprint density at radius 2 is 1.91 bits per heavy atom. The number of piperidine rings is 1. The van der Waals surface area contributed by atoms with Crippen molar-refractivity contribution in [2.24, 2.45) is 5.92 Å². The Balaban J connectivity index is 1.72. The lowest BCUT2D eigenvalue weighted by Gasteiger charge is -2.31. The van der Waals surface area contributed by atoms with Crippen LogP contribution in [0.2, 0.25) is 0 Å². The van der Waals surface area contributed by atoms with E-state index < -0.39 is 11.8 Å². The second-order valence-corrected chi connectivity index (χ2v) is 5.32. The van der Waals surface area contributed by atoms with E-state index in [0.29, 0.717) is 31.7 Å². The van der Waals surface area contributed by atoms with E-state index in [-0.39, 0.29) is 11.8 Å². The standard InChI is InChI=1S/C15H21N3O4/c1-2-16-13(19)14(20)17-9-11-3-6-18(7-4-11)15(21)12-5-8-22-10-12/h5,8,10-11H,2-4,6-7,9H2,1H3,(H,16,19)(H,17,20). The molecular formula is C15H21N3O4. The maximum atomic E-state index is 12.1. The summed E-state index contributed by atoms with van der Waals surface area (Å²) in [6.45, 7) is 3.94. The van der Waals surface area contributed by atoms with Crippen LogP contribution >= 0.6 is 0 Å². The summed E-state index contributed by atoms with van der Waals surface area (Å²) in [5, 5.41) is 5.10. The zero-order valence-corrected chi connectivity index (χ0v) is 12.6. The van der Waals surface area contributed by atoms with E-state index in [4.69, 9.17) is 4.42 Å². The first-order valence-corrected chi connectivity index (χ1v) is 7.49. The van der Waals surface area contributed by atoms with Crippen molar-refractivity contribution in [1.29, 1.82) is 0 Å². The lowest BCUT2D eigenvalue weighted by Crippen LogP contribution is -2.44. The van der Waals surface area contributed by atoms with Crippen molar-refractivity contribution in [3.63, 3.8) is 0 Å². The van der Waals surface area contributed by atoms with Gasteiger partial charge in [-0.1, -0.05) is 0 Å². The fourth-order valence-corrected chi connectivity index (χ4v) is 2.47. The molecule has 1 aliphatic rings. The summed E-state index contributed by atoms with van der Waals surface area (Å²) >= 11 is 0. The van der Waals surface area contributed by atoms with E-state index in [0.717, 1.165) is 12.8 Å². The summed E-state index contributed by atoms with van der Waals surface area (Å²) < 4.78 is 4.92. The molecule has 1 aromatic rings. The number of hydrogen-bond donors (Lipinski definition) is 2. The first-order chi connectivity index (χ1) is 10.6. The van der Waals surface area contributed by atoms with E-state index in [2.05, 4.69) is 10.6 Å². The summed E-state index contributed by atoms with van der Waals surface area (Å²) in [6.07, 6.45) is 4.54. The van der Waals surface area contributed by atoms with Gasteiger partial charge in [0.2, 0.25) is 0 Å². The van der Waals surface area contributed by atoms with Crippen LogP contribution < -0.4 is 10.6 Å². The van der Waals surface area contributed by atoms with Crippen LogP contribution in [0.5, 0.6) is 0 Å². The van der Waals surface area contributed by atoms with Crippen LogP contribution in [0.15, 0.2) is 23.0 Å². The minimum atomic E-state index is -0.602. The van der Waals surface area contributed by atoms with Crippen LogP contribution in [0.1, 0.15) is 30.1 Å². The molecule has 0 aliphatic carbocycles. The van der Waals surface area contributed by atoms with Crippen LogP contribution in [-0.2, 0) is 9.59 Å². The number of nitrogens with zero attached hydrogens (tertiary/aromatic N) is 1. The Bertz CT molecular complexity index is 519. The maximum Gasteiger partial charge on any atom is 0.309 e. The predicted octanol–water partition coefficient (Wildman–Crippen LogP) is 0.384. The van der Waals surface area contributed by atoms with Crippen molar-refractivity contribution in [3.8, 4) is 0 Å². The topological polar surface area (TPSA) is 91.7 Å². The molecule has 3 amide bonds. The second kappa shape index (κ2) is 7.63. The van der Waals surface area contributed by atoms with Crippen molar-refractivity contribution in [2.45, 2.75) is 19.8 Å². The molecule has 7 heteroatoms. The van der Waals surface area contributed by atoms with Gasteiger partial charge in [0.25, 0.3) is 5.91 Å². The number of hydrogen-bond acceptors (Lipinski definition) is 4. The molecule has 2 heterocycles. The number of likely N-dealkylation sites (N-methyl/N-ethyl adjacent to an activating group) is 1. The first-order valence-electron chi connectivity index (χ1n) is 7.49. The highest BCUT2D eigenvalue weighted by atomic mass is 16.3. The van der Waals surface area contributed by atoms with Gasteiger partial charge in [0, 0.05) is 26.2 Å². The summed E-state index contributed by atoms with van der Waals surface area (Å²) in [5.74, 6) is -0.945. The molecule has 1 aliphatic heterocycles. The van der Waals surface area contributed by atoms with Gasteiger partial charge in [-0.3, -0.25) is 14.4 Å². The maximum absolute atomic E-state index is 12.1. The molecule has 0 bridgehead atoms. The molecular weight excluding hydrogens is 286 g/mol. The minimum absolute atomic E-state index is 0.0291. The lowest BCUT2D eigenvalue weighted by atomic mass is 9.96. The molecule has 0 spiro atoms. The molecule has 2 N–H and O–H groups in total. The third-order valence-corrected chi connectivity index (χ3v) is 3.76. The Morgan fingerprint density at radius 3 is 2.50 bits per heavy atom. The smallest absolute Gasteiger partial charge is 0.309 e. The number of carbonyl (C=O) groups excluding carboxylic acids is 3. The number of carbonyl (C=O) groups is 3. The van der Waals surface area contributed by atoms with E-state index in [1.807, 2.05) is 0 Å². The normalized spacial score (nSPS) is 15.4. The minimum Gasteiger partial charge on any atom is -0.472 e. The van der Waals surface area contributed by atoms with E-state index in [1.165, 1.54) is 12.5 Å². The van der Waals surface area contributed by atoms with Gasteiger partial charge in [-0.05, 0) is 31.7 Å². The summed E-state index contributed by atoms with van der Waals surface area (Å²) in [7, 11) is 0. The molecule has 1 aromatic heterocycles. The van der Waals surface area contributed by atoms with Crippen molar-refractivity contribution < 1.29 is 18.8 Å². The fraction of sp³-hybridized carbons (Fsp3) is 0.533. The van der Waals surface area contributed by atoms with Gasteiger partial charge < -0.3 is 20.0 Å². The van der Waals surface area contributed by atoms with Gasteiger partial charge >= 0.3 is 11.8 Å². The zero-order chi connectivity index (χ0) is 15.9. The van der Waals surface area contributed by atoms with Crippen molar-refractivity contribution in [3.05, 3.63) is 24.2 Å². The van der Waals surface area contributed by atoms with E-state index in [1.54, 1.807) is 17.9 Å². The number of furan rings is 1. The van der Waals surface area contributed by atoms with Gasteiger partial charge in [0.05, 0.1) is 11.8 Å². The third-order valence-electron chi connectivity index (χ3n) is 3.76. The predicted molar refractivity (Wildman–Crippen MR) is 79.0 cm³/mol. The fourth-order valence-electron chi connectivity index (χ4n) is 2.47. The average molecular weight is 307 g/mol. The van der Waals surface area contributed by atoms with Crippen LogP contribution in [0, 0.1) is 5.92 Å². The number of rotatable bonds is 4. The molecule has 1 saturated heterocycles. The number of nitrogens with one attached hydrogen (secondary N) is 2. The van der Waals surface area contributed by atoms with Crippen LogP contribution in [0.25, 0.3) is 0 Å². The van der Waals surface area contributed by atoms with E-state index in [9.17, 15) is 14.4 Å². The number of likely N-dealkylation sites (tertiary alicyclic amines) is 1. The van der Waals surface area contributed by atoms with E-state index >= 15 is 0 Å². The first kappa shape index (κ1) is 16.1. The SMILES string of the molecule is CCNC(=O)C(=O)NCC1CCN(C(=O)c2ccoc2)CC1. The molecule has 0 saturated carbocycles. The van der Waals surface area contributed by atoms with Gasteiger partial charge in [0.15, 0.2) is 0 Å². The summed E-state index contributed by atoms with van der Waals surface area (Å²) in [6, 6.07) is 1.65. The van der Waals surface area contributed by atoms with Gasteiger partial charge in [0.1, 0.15) is 6.26 Å². The Kier molecular flexibility index (Phi) is 5.57.